The molecule has 0 saturated heterocycles. The highest BCUT2D eigenvalue weighted by molar-refractivity contribution is 6.23. The molecular weight excluding hydrogens is 208 g/mol. The number of nitrogens with one attached hydrogen (secondary N) is 1. The summed E-state index contributed by atoms with van der Waals surface area (Å²) in [4.78, 5) is 23.0. The van der Waals surface area contributed by atoms with Crippen LogP contribution < -0.4 is 5.32 Å². The molecule has 2 aromatic rings. The molecule has 0 unspecified atom stereocenters. The van der Waals surface area contributed by atoms with Crippen molar-refractivity contribution in [3.63, 3.8) is 0 Å². The van der Waals surface area contributed by atoms with Crippen molar-refractivity contribution in [3.8, 4) is 11.3 Å². The molecule has 0 fully saturated rings. The van der Waals surface area contributed by atoms with Crippen molar-refractivity contribution in [1.29, 1.82) is 0 Å². The molecule has 3 rings (SSSR count). The Bertz CT molecular complexity index is 587. The van der Waals surface area contributed by atoms with E-state index in [4.69, 9.17) is 4.52 Å². The van der Waals surface area contributed by atoms with E-state index in [9.17, 15) is 9.59 Å². The maximum Gasteiger partial charge on any atom is 0.259 e. The second-order valence-electron chi connectivity index (χ2n) is 3.40. The molecule has 0 saturated carbocycles. The molecule has 5 heteroatoms. The standard InChI is InChI=1S/C11H6N2O3/c14-10-7-3-1-2-6(8-4-5-16-13-8)9(7)11(15)12-10/h1-5H,(H,12,14,15). The van der Waals surface area contributed by atoms with E-state index < -0.39 is 5.91 Å². The van der Waals surface area contributed by atoms with E-state index >= 15 is 0 Å². The summed E-state index contributed by atoms with van der Waals surface area (Å²) in [6.45, 7) is 0. The van der Waals surface area contributed by atoms with Crippen molar-refractivity contribution in [2.75, 3.05) is 0 Å². The summed E-state index contributed by atoms with van der Waals surface area (Å²) in [6, 6.07) is 6.70. The molecule has 1 aliphatic rings. The number of carbonyl (C=O) groups excluding carboxylic acids is 2. The third-order valence-corrected chi connectivity index (χ3v) is 2.48. The fourth-order valence-electron chi connectivity index (χ4n) is 1.78. The smallest absolute Gasteiger partial charge is 0.259 e. The highest BCUT2D eigenvalue weighted by Crippen LogP contribution is 2.27. The Balaban J connectivity index is 2.30. The molecule has 0 atom stereocenters. The average molecular weight is 214 g/mol. The van der Waals surface area contributed by atoms with Crippen LogP contribution in [0, 0.1) is 0 Å². The first-order valence-corrected chi connectivity index (χ1v) is 4.67. The zero-order valence-corrected chi connectivity index (χ0v) is 8.06. The first-order chi connectivity index (χ1) is 7.77. The van der Waals surface area contributed by atoms with Gasteiger partial charge in [-0.2, -0.15) is 0 Å². The van der Waals surface area contributed by atoms with Crippen molar-refractivity contribution in [3.05, 3.63) is 41.7 Å². The van der Waals surface area contributed by atoms with Crippen molar-refractivity contribution < 1.29 is 14.1 Å². The number of nitrogens with zero attached hydrogens (tertiary/aromatic N) is 1. The van der Waals surface area contributed by atoms with Crippen molar-refractivity contribution in [1.82, 2.24) is 10.5 Å². The second-order valence-corrected chi connectivity index (χ2v) is 3.40. The molecule has 1 aromatic heterocycles. The minimum absolute atomic E-state index is 0.362. The van der Waals surface area contributed by atoms with Gasteiger partial charge in [-0.05, 0) is 6.07 Å². The number of aromatic nitrogens is 1. The molecule has 0 aliphatic carbocycles. The van der Waals surface area contributed by atoms with Gasteiger partial charge in [0.15, 0.2) is 0 Å². The molecule has 2 heterocycles. The molecule has 78 valence electrons. The Morgan fingerprint density at radius 3 is 2.62 bits per heavy atom. The fourth-order valence-corrected chi connectivity index (χ4v) is 1.78. The molecule has 1 N–H and O–H groups in total. The van der Waals surface area contributed by atoms with E-state index in [1.807, 2.05) is 0 Å². The maximum atomic E-state index is 11.6. The van der Waals surface area contributed by atoms with Crippen LogP contribution in [0.4, 0.5) is 0 Å². The van der Waals surface area contributed by atoms with Crippen LogP contribution in [0.25, 0.3) is 11.3 Å². The molecule has 0 bridgehead atoms. The maximum absolute atomic E-state index is 11.6. The van der Waals surface area contributed by atoms with Crippen LogP contribution in [-0.2, 0) is 0 Å². The van der Waals surface area contributed by atoms with Gasteiger partial charge in [-0.1, -0.05) is 17.3 Å². The van der Waals surface area contributed by atoms with Gasteiger partial charge in [0.2, 0.25) is 0 Å². The summed E-state index contributed by atoms with van der Waals surface area (Å²) >= 11 is 0. The topological polar surface area (TPSA) is 72.2 Å². The number of hydrogen-bond donors (Lipinski definition) is 1. The van der Waals surface area contributed by atoms with Gasteiger partial charge >= 0.3 is 0 Å². The van der Waals surface area contributed by atoms with E-state index in [-0.39, 0.29) is 5.91 Å². The van der Waals surface area contributed by atoms with Gasteiger partial charge in [0.1, 0.15) is 12.0 Å². The average Bonchev–Trinajstić information content (AvgIpc) is 2.88. The molecule has 1 aliphatic heterocycles. The van der Waals surface area contributed by atoms with Gasteiger partial charge in [0.05, 0.1) is 11.1 Å². The number of fused-ring (bicyclic) bond motifs is 1. The van der Waals surface area contributed by atoms with Crippen LogP contribution in [0.15, 0.2) is 35.1 Å². The zero-order chi connectivity index (χ0) is 11.1. The van der Waals surface area contributed by atoms with Gasteiger partial charge in [-0.25, -0.2) is 0 Å². The van der Waals surface area contributed by atoms with Gasteiger partial charge in [-0.15, -0.1) is 0 Å². The predicted octanol–water partition coefficient (Wildman–Crippen LogP) is 1.23. The molecule has 2 amide bonds. The third kappa shape index (κ3) is 1.08. The van der Waals surface area contributed by atoms with Crippen LogP contribution in [0.5, 0.6) is 0 Å². The zero-order valence-electron chi connectivity index (χ0n) is 8.06. The number of benzene rings is 1. The monoisotopic (exact) mass is 214 g/mol. The van der Waals surface area contributed by atoms with Crippen molar-refractivity contribution >= 4 is 11.8 Å². The van der Waals surface area contributed by atoms with Crippen LogP contribution >= 0.6 is 0 Å². The summed E-state index contributed by atoms with van der Waals surface area (Å²) in [5, 5.41) is 6.01. The Morgan fingerprint density at radius 2 is 1.88 bits per heavy atom. The normalized spacial score (nSPS) is 13.8. The predicted molar refractivity (Wildman–Crippen MR) is 53.7 cm³/mol. The lowest BCUT2D eigenvalue weighted by molar-refractivity contribution is 0.0880. The van der Waals surface area contributed by atoms with Crippen LogP contribution in [-0.4, -0.2) is 17.0 Å². The molecular formula is C11H6N2O3. The van der Waals surface area contributed by atoms with Crippen LogP contribution in [0.1, 0.15) is 20.7 Å². The highest BCUT2D eigenvalue weighted by Gasteiger charge is 2.29. The summed E-state index contributed by atoms with van der Waals surface area (Å²) in [7, 11) is 0. The summed E-state index contributed by atoms with van der Waals surface area (Å²) < 4.78 is 4.72. The van der Waals surface area contributed by atoms with Crippen LogP contribution in [0.3, 0.4) is 0 Å². The minimum atomic E-state index is -0.390. The highest BCUT2D eigenvalue weighted by atomic mass is 16.5. The number of imide groups is 1. The molecule has 1 aromatic carbocycles. The minimum Gasteiger partial charge on any atom is -0.364 e. The molecule has 5 nitrogen and oxygen atoms in total. The lowest BCUT2D eigenvalue weighted by atomic mass is 10.0. The number of rotatable bonds is 1. The third-order valence-electron chi connectivity index (χ3n) is 2.48. The molecule has 16 heavy (non-hydrogen) atoms. The fraction of sp³-hybridized carbons (Fsp3) is 0. The lowest BCUT2D eigenvalue weighted by Crippen LogP contribution is -2.20. The summed E-state index contributed by atoms with van der Waals surface area (Å²) in [5.74, 6) is -0.760. The summed E-state index contributed by atoms with van der Waals surface area (Å²) in [6.07, 6.45) is 1.42. The summed E-state index contributed by atoms with van der Waals surface area (Å²) in [5.41, 5.74) is 1.89. The van der Waals surface area contributed by atoms with Gasteiger partial charge in [-0.3, -0.25) is 14.9 Å². The van der Waals surface area contributed by atoms with E-state index in [0.717, 1.165) is 0 Å². The number of amides is 2. The van der Waals surface area contributed by atoms with E-state index in [1.165, 1.54) is 6.26 Å². The van der Waals surface area contributed by atoms with Gasteiger partial charge < -0.3 is 4.52 Å². The van der Waals surface area contributed by atoms with E-state index in [0.29, 0.717) is 22.4 Å². The SMILES string of the molecule is O=C1NC(=O)c2c1cccc2-c1ccon1. The quantitative estimate of drug-likeness (QED) is 0.724. The first-order valence-electron chi connectivity index (χ1n) is 4.67. The van der Waals surface area contributed by atoms with Crippen LogP contribution in [0.2, 0.25) is 0 Å². The largest absolute Gasteiger partial charge is 0.364 e. The van der Waals surface area contributed by atoms with Gasteiger partial charge in [0.25, 0.3) is 11.8 Å². The van der Waals surface area contributed by atoms with E-state index in [2.05, 4.69) is 10.5 Å². The number of carbonyl (C=O) groups is 2. The van der Waals surface area contributed by atoms with Crippen molar-refractivity contribution in [2.45, 2.75) is 0 Å². The lowest BCUT2D eigenvalue weighted by Gasteiger charge is -2.00. The van der Waals surface area contributed by atoms with Crippen molar-refractivity contribution in [2.24, 2.45) is 0 Å². The second kappa shape index (κ2) is 3.03. The Kier molecular flexibility index (Phi) is 1.67. The van der Waals surface area contributed by atoms with E-state index in [1.54, 1.807) is 24.3 Å². The molecule has 0 radical (unpaired) electrons. The Hall–Kier alpha value is -2.43. The number of hydrogen-bond acceptors (Lipinski definition) is 4. The first kappa shape index (κ1) is 8.84. The van der Waals surface area contributed by atoms with Gasteiger partial charge in [0, 0.05) is 11.6 Å². The Labute approximate surface area is 90.1 Å². The molecule has 0 spiro atoms. The Morgan fingerprint density at radius 1 is 1.06 bits per heavy atom.